The van der Waals surface area contributed by atoms with Crippen molar-refractivity contribution in [2.24, 2.45) is 5.73 Å². The number of fused-ring (bicyclic) bond motifs is 4. The maximum Gasteiger partial charge on any atom is 0.304 e. The van der Waals surface area contributed by atoms with Gasteiger partial charge in [0.05, 0.1) is 17.5 Å². The summed E-state index contributed by atoms with van der Waals surface area (Å²) in [6.45, 7) is 3.05. The van der Waals surface area contributed by atoms with E-state index in [2.05, 4.69) is 25.3 Å². The minimum absolute atomic E-state index is 0.00684. The molecule has 4 heterocycles. The number of carbonyl (C=O) groups excluding carboxylic acids is 3. The van der Waals surface area contributed by atoms with Crippen molar-refractivity contribution in [2.75, 3.05) is 52.7 Å². The molecule has 8 aromatic rings. The van der Waals surface area contributed by atoms with Crippen LogP contribution >= 0.6 is 0 Å². The summed E-state index contributed by atoms with van der Waals surface area (Å²) < 4.78 is 56.3. The lowest BCUT2D eigenvalue weighted by Crippen LogP contribution is -2.27. The third-order valence-electron chi connectivity index (χ3n) is 13.3. The molecule has 6 aromatic carbocycles. The van der Waals surface area contributed by atoms with E-state index in [0.717, 1.165) is 46.5 Å². The number of carboxylic acids is 1. The average molecular weight is 1080 g/mol. The summed E-state index contributed by atoms with van der Waals surface area (Å²) in [7, 11) is 7.42. The Morgan fingerprint density at radius 2 is 0.949 bits per heavy atom. The Labute approximate surface area is 452 Å². The second-order valence-corrected chi connectivity index (χ2v) is 19.5. The normalized spacial score (nSPS) is 12.5. The first-order valence-electron chi connectivity index (χ1n) is 25.1. The van der Waals surface area contributed by atoms with Crippen LogP contribution in [0.1, 0.15) is 67.2 Å². The Hall–Kier alpha value is -8.92. The number of nitrogens with zero attached hydrogens (tertiary/aromatic N) is 8. The molecule has 8 N–H and O–H groups in total. The van der Waals surface area contributed by atoms with E-state index in [1.165, 1.54) is 0 Å². The van der Waals surface area contributed by atoms with Gasteiger partial charge in [-0.3, -0.25) is 19.2 Å². The molecule has 0 saturated carbocycles. The summed E-state index contributed by atoms with van der Waals surface area (Å²) in [5.41, 5.74) is 25.9. The minimum Gasteiger partial charge on any atom is -0.481 e. The van der Waals surface area contributed by atoms with E-state index in [4.69, 9.17) is 22.3 Å². The zero-order valence-corrected chi connectivity index (χ0v) is 43.9. The van der Waals surface area contributed by atoms with Gasteiger partial charge in [-0.15, -0.1) is 0 Å². The molecule has 0 bridgehead atoms. The van der Waals surface area contributed by atoms with Crippen molar-refractivity contribution in [1.29, 1.82) is 0 Å². The molecule has 0 aliphatic carbocycles. The van der Waals surface area contributed by atoms with E-state index in [1.54, 1.807) is 46.2 Å². The molecule has 0 spiro atoms. The fourth-order valence-corrected chi connectivity index (χ4v) is 9.16. The number of carboxylic acid groups (broad SMARTS) is 1. The number of nitrogens with one attached hydrogen (secondary N) is 1. The molecule has 21 heteroatoms. The smallest absolute Gasteiger partial charge is 0.304 e. The maximum absolute atomic E-state index is 14.4. The van der Waals surface area contributed by atoms with Gasteiger partial charge in [-0.25, -0.2) is 37.5 Å². The van der Waals surface area contributed by atoms with Gasteiger partial charge < -0.3 is 47.2 Å². The number of aliphatic carboxylic acids is 1. The lowest BCUT2D eigenvalue weighted by Gasteiger charge is -2.17. The van der Waals surface area contributed by atoms with Gasteiger partial charge in [0.15, 0.2) is 23.3 Å². The van der Waals surface area contributed by atoms with Gasteiger partial charge >= 0.3 is 5.97 Å². The van der Waals surface area contributed by atoms with Crippen LogP contribution in [0.4, 0.5) is 29.5 Å². The first-order chi connectivity index (χ1) is 37.8. The van der Waals surface area contributed by atoms with Gasteiger partial charge in [-0.2, -0.15) is 0 Å². The maximum atomic E-state index is 14.4. The summed E-state index contributed by atoms with van der Waals surface area (Å²) in [6.07, 6.45) is 0.500. The van der Waals surface area contributed by atoms with Gasteiger partial charge in [0.2, 0.25) is 17.8 Å². The number of nitrogen functional groups attached to an aromatic ring is 2. The number of amides is 3. The Morgan fingerprint density at radius 1 is 0.557 bits per heavy atom. The van der Waals surface area contributed by atoms with E-state index in [0.29, 0.717) is 94.5 Å². The molecule has 0 saturated heterocycles. The average Bonchev–Trinajstić information content (AvgIpc) is 4.23. The van der Waals surface area contributed by atoms with E-state index in [-0.39, 0.29) is 66.9 Å². The highest BCUT2D eigenvalue weighted by Crippen LogP contribution is 2.34. The van der Waals surface area contributed by atoms with Crippen molar-refractivity contribution in [1.82, 2.24) is 44.9 Å². The molecule has 2 aromatic heterocycles. The van der Waals surface area contributed by atoms with Gasteiger partial charge in [0.25, 0.3) is 11.8 Å². The number of carbonyl (C=O) groups is 4. The zero-order valence-electron chi connectivity index (χ0n) is 43.9. The lowest BCUT2D eigenvalue weighted by atomic mass is 9.97. The summed E-state index contributed by atoms with van der Waals surface area (Å²) in [4.78, 5) is 73.3. The topological polar surface area (TPSA) is 243 Å². The molecular formula is C58H58F4N12O5. The number of hydrogen-bond acceptors (Lipinski definition) is 13. The molecule has 17 nitrogen and oxygen atoms in total. The number of benzene rings is 6. The van der Waals surface area contributed by atoms with E-state index in [9.17, 15) is 36.7 Å². The Balaban J connectivity index is 0.000000185. The lowest BCUT2D eigenvalue weighted by molar-refractivity contribution is -0.137. The summed E-state index contributed by atoms with van der Waals surface area (Å²) in [6, 6.07) is 30.2. The molecular weight excluding hydrogens is 1020 g/mol. The standard InChI is InChI=1S/C29H28F2N6O2.C24H19F2N5O.C5H11NO2/c1-36(2)10-9-26(38)33-14-20-12-23(30)24(31)13-21(20)17-7-8-25-22(11-17)27(35-29(32)34-25)28(39)37-15-18-5-3-4-6-19(18)16-37;25-19-8-16(10-27)17(9-20(19)26)13-5-6-21-18(7-13)22(30-24(28)29-21)23(32)31-11-14-3-1-2-4-15(14)12-31;1-6(2)4-3-5(7)8/h3-8,11-13H,9-10,14-16H2,1-2H3,(H,33,38)(H2,32,34,35);1-9H,10-12,27H2,(H2,28,29,30);3-4H2,1-2H3,(H,7,8). The quantitative estimate of drug-likeness (QED) is 0.0696. The molecule has 0 radical (unpaired) electrons. The molecule has 79 heavy (non-hydrogen) atoms. The summed E-state index contributed by atoms with van der Waals surface area (Å²) in [5.74, 6) is -5.55. The highest BCUT2D eigenvalue weighted by molar-refractivity contribution is 6.07. The van der Waals surface area contributed by atoms with Crippen molar-refractivity contribution in [3.63, 3.8) is 0 Å². The fourth-order valence-electron chi connectivity index (χ4n) is 9.16. The molecule has 0 unspecified atom stereocenters. The molecule has 0 atom stereocenters. The highest BCUT2D eigenvalue weighted by atomic mass is 19.2. The molecule has 0 fully saturated rings. The van der Waals surface area contributed by atoms with Crippen LogP contribution in [-0.2, 0) is 48.9 Å². The number of hydrogen-bond donors (Lipinski definition) is 5. The Kier molecular flexibility index (Phi) is 17.5. The molecule has 2 aliphatic heterocycles. The van der Waals surface area contributed by atoms with Crippen LogP contribution in [0.3, 0.4) is 0 Å². The predicted molar refractivity (Wildman–Crippen MR) is 292 cm³/mol. The molecule has 10 rings (SSSR count). The number of halogens is 4. The summed E-state index contributed by atoms with van der Waals surface area (Å²) in [5, 5.41) is 11.8. The minimum atomic E-state index is -1.02. The SMILES string of the molecule is CN(C)CCC(=O)NCc1cc(F)c(F)cc1-c1ccc2nc(N)nc(C(=O)N3Cc4ccccc4C3)c2c1.CN(C)CCC(=O)O.NCc1cc(F)c(F)cc1-c1ccc2nc(N)nc(C(=O)N3Cc4ccccc4C3)c2c1. The van der Waals surface area contributed by atoms with Crippen molar-refractivity contribution in [2.45, 2.75) is 52.1 Å². The fraction of sp³-hybridized carbons (Fsp3) is 0.241. The first kappa shape index (κ1) is 56.3. The predicted octanol–water partition coefficient (Wildman–Crippen LogP) is 7.68. The van der Waals surface area contributed by atoms with E-state index < -0.39 is 29.2 Å². The van der Waals surface area contributed by atoms with Crippen LogP contribution in [0.25, 0.3) is 44.1 Å². The van der Waals surface area contributed by atoms with Crippen LogP contribution < -0.4 is 22.5 Å². The second-order valence-electron chi connectivity index (χ2n) is 19.5. The van der Waals surface area contributed by atoms with Crippen LogP contribution in [-0.4, -0.2) is 110 Å². The van der Waals surface area contributed by atoms with Gasteiger partial charge in [0, 0.05) is 69.6 Å². The van der Waals surface area contributed by atoms with Crippen LogP contribution in [0.15, 0.2) is 109 Å². The Bertz CT molecular complexity index is 3590. The van der Waals surface area contributed by atoms with Crippen molar-refractivity contribution in [3.8, 4) is 22.3 Å². The van der Waals surface area contributed by atoms with Gasteiger partial charge in [-0.05, 0) is 132 Å². The highest BCUT2D eigenvalue weighted by Gasteiger charge is 2.29. The van der Waals surface area contributed by atoms with Crippen molar-refractivity contribution < 1.29 is 41.8 Å². The second kappa shape index (κ2) is 24.6. The first-order valence-corrected chi connectivity index (χ1v) is 25.1. The van der Waals surface area contributed by atoms with Crippen LogP contribution in [0.5, 0.6) is 0 Å². The van der Waals surface area contributed by atoms with Crippen LogP contribution in [0.2, 0.25) is 0 Å². The van der Waals surface area contributed by atoms with Crippen LogP contribution in [0, 0.1) is 23.3 Å². The molecule has 2 aliphatic rings. The van der Waals surface area contributed by atoms with E-state index in [1.807, 2.05) is 86.5 Å². The molecule has 408 valence electrons. The van der Waals surface area contributed by atoms with Gasteiger partial charge in [-0.1, -0.05) is 60.7 Å². The third-order valence-corrected chi connectivity index (χ3v) is 13.3. The van der Waals surface area contributed by atoms with E-state index >= 15 is 0 Å². The summed E-state index contributed by atoms with van der Waals surface area (Å²) >= 11 is 0. The zero-order chi connectivity index (χ0) is 56.7. The van der Waals surface area contributed by atoms with Gasteiger partial charge in [0.1, 0.15) is 11.4 Å². The monoisotopic (exact) mass is 1080 g/mol. The number of anilines is 2. The third kappa shape index (κ3) is 13.4. The number of aromatic nitrogens is 4. The van der Waals surface area contributed by atoms with Crippen molar-refractivity contribution >= 4 is 57.4 Å². The number of rotatable bonds is 13. The Morgan fingerprint density at radius 3 is 1.34 bits per heavy atom. The number of nitrogens with two attached hydrogens (primary N) is 3. The largest absolute Gasteiger partial charge is 0.481 e. The molecule has 3 amide bonds. The van der Waals surface area contributed by atoms with Crippen molar-refractivity contribution in [3.05, 3.63) is 177 Å².